The van der Waals surface area contributed by atoms with Gasteiger partial charge in [-0.2, -0.15) is 0 Å². The average molecular weight is 584 g/mol. The monoisotopic (exact) mass is 583 g/mol. The highest BCUT2D eigenvalue weighted by Gasteiger charge is 2.47. The van der Waals surface area contributed by atoms with Gasteiger partial charge in [0.2, 0.25) is 5.91 Å². The topological polar surface area (TPSA) is 79.2 Å². The molecular formula is C25H34INO5Si. The molecule has 6 nitrogen and oxygen atoms in total. The number of halogens is 1. The predicted molar refractivity (Wildman–Crippen MR) is 140 cm³/mol. The molecule has 2 aromatic rings. The molecule has 2 aromatic carbocycles. The van der Waals surface area contributed by atoms with Crippen LogP contribution in [0.4, 0.5) is 0 Å². The van der Waals surface area contributed by atoms with E-state index in [1.165, 1.54) is 0 Å². The van der Waals surface area contributed by atoms with E-state index in [0.29, 0.717) is 6.54 Å². The van der Waals surface area contributed by atoms with Gasteiger partial charge < -0.3 is 24.3 Å². The van der Waals surface area contributed by atoms with Crippen molar-refractivity contribution in [3.05, 3.63) is 63.2 Å². The first-order chi connectivity index (χ1) is 15.7. The van der Waals surface area contributed by atoms with Crippen LogP contribution < -0.4 is 4.74 Å². The maximum atomic E-state index is 13.4. The first kappa shape index (κ1) is 26.1. The third kappa shape index (κ3) is 6.36. The number of hydrogen-bond donors (Lipinski definition) is 2. The largest absolute Gasteiger partial charge is 0.490 e. The molecule has 1 heterocycles. The standard InChI is InChI=1S/C25H34INO5Si/c1-17-24(31-2)20-14-19(26)10-11-21(20)32-25(17)22(33(3,4)30)15-23(29)27(12-13-28)16-18-8-6-5-7-9-18/h5-11,14,17,22,24-25,28,30H,12-13,15-16H2,1-4H3/t17-,22?,24-,25-/m1/s1. The van der Waals surface area contributed by atoms with Gasteiger partial charge in [0.15, 0.2) is 8.32 Å². The third-order valence-electron chi connectivity index (χ3n) is 6.43. The summed E-state index contributed by atoms with van der Waals surface area (Å²) in [6.07, 6.45) is -0.376. The highest BCUT2D eigenvalue weighted by atomic mass is 127. The van der Waals surface area contributed by atoms with Crippen LogP contribution in [0.1, 0.15) is 30.6 Å². The summed E-state index contributed by atoms with van der Waals surface area (Å²) in [5, 5.41) is 9.57. The van der Waals surface area contributed by atoms with E-state index in [-0.39, 0.29) is 49.1 Å². The van der Waals surface area contributed by atoms with E-state index < -0.39 is 8.32 Å². The summed E-state index contributed by atoms with van der Waals surface area (Å²) in [5.41, 5.74) is 1.67. The Morgan fingerprint density at radius 3 is 2.55 bits per heavy atom. The van der Waals surface area contributed by atoms with Crippen LogP contribution in [0.25, 0.3) is 0 Å². The van der Waals surface area contributed by atoms with Crippen molar-refractivity contribution in [3.63, 3.8) is 0 Å². The molecule has 0 aromatic heterocycles. The van der Waals surface area contributed by atoms with Crippen LogP contribution in [0.3, 0.4) is 0 Å². The second kappa shape index (κ2) is 11.3. The molecule has 1 amide bonds. The van der Waals surface area contributed by atoms with Crippen molar-refractivity contribution in [2.24, 2.45) is 5.92 Å². The van der Waals surface area contributed by atoms with Crippen LogP contribution in [0.5, 0.6) is 5.75 Å². The highest BCUT2D eigenvalue weighted by Crippen LogP contribution is 2.47. The SMILES string of the molecule is CO[C@H]1c2cc(I)ccc2O[C@@H](C(CC(=O)N(CCO)Cc2ccccc2)[Si](C)(C)O)[C@@H]1C. The Hall–Kier alpha value is -1.46. The second-order valence-electron chi connectivity index (χ2n) is 9.27. The number of amides is 1. The van der Waals surface area contributed by atoms with E-state index in [9.17, 15) is 14.7 Å². The number of aliphatic hydroxyl groups excluding tert-OH is 1. The van der Waals surface area contributed by atoms with Gasteiger partial charge in [-0.15, -0.1) is 0 Å². The van der Waals surface area contributed by atoms with Gasteiger partial charge in [-0.05, 0) is 59.4 Å². The van der Waals surface area contributed by atoms with Crippen molar-refractivity contribution in [1.29, 1.82) is 0 Å². The minimum atomic E-state index is -2.81. The Bertz CT molecular complexity index is 936. The Labute approximate surface area is 211 Å². The minimum absolute atomic E-state index is 0.0437. The maximum Gasteiger partial charge on any atom is 0.223 e. The Kier molecular flexibility index (Phi) is 8.96. The van der Waals surface area contributed by atoms with E-state index in [0.717, 1.165) is 20.4 Å². The number of hydrogen-bond acceptors (Lipinski definition) is 5. The summed E-state index contributed by atoms with van der Waals surface area (Å²) in [5.74, 6) is 0.612. The molecule has 1 aliphatic heterocycles. The van der Waals surface area contributed by atoms with Crippen LogP contribution in [0.15, 0.2) is 48.5 Å². The normalized spacial score (nSPS) is 21.1. The second-order valence-corrected chi connectivity index (χ2v) is 14.6. The van der Waals surface area contributed by atoms with Gasteiger partial charge in [0.1, 0.15) is 11.9 Å². The van der Waals surface area contributed by atoms with Crippen LogP contribution in [-0.2, 0) is 16.1 Å². The van der Waals surface area contributed by atoms with Crippen molar-refractivity contribution < 1.29 is 24.2 Å². The highest BCUT2D eigenvalue weighted by molar-refractivity contribution is 14.1. The fourth-order valence-electron chi connectivity index (χ4n) is 4.65. The lowest BCUT2D eigenvalue weighted by Crippen LogP contribution is -2.50. The van der Waals surface area contributed by atoms with Crippen LogP contribution in [-0.4, -0.2) is 55.4 Å². The van der Waals surface area contributed by atoms with Crippen LogP contribution in [0.2, 0.25) is 18.6 Å². The summed E-state index contributed by atoms with van der Waals surface area (Å²) in [6.45, 7) is 6.34. The first-order valence-electron chi connectivity index (χ1n) is 11.3. The molecule has 1 unspecified atom stereocenters. The maximum absolute atomic E-state index is 13.4. The van der Waals surface area contributed by atoms with E-state index in [2.05, 4.69) is 35.6 Å². The molecule has 4 atom stereocenters. The average Bonchev–Trinajstić information content (AvgIpc) is 2.77. The molecule has 0 radical (unpaired) electrons. The van der Waals surface area contributed by atoms with Gasteiger partial charge >= 0.3 is 0 Å². The molecule has 3 rings (SSSR count). The molecule has 180 valence electrons. The van der Waals surface area contributed by atoms with Crippen LogP contribution in [0, 0.1) is 9.49 Å². The van der Waals surface area contributed by atoms with Crippen molar-refractivity contribution in [2.45, 2.75) is 50.7 Å². The lowest BCUT2D eigenvalue weighted by Gasteiger charge is -2.44. The van der Waals surface area contributed by atoms with Crippen molar-refractivity contribution >= 4 is 36.8 Å². The predicted octanol–water partition coefficient (Wildman–Crippen LogP) is 4.35. The van der Waals surface area contributed by atoms with Gasteiger partial charge in [0, 0.05) is 47.2 Å². The number of rotatable bonds is 9. The van der Waals surface area contributed by atoms with E-state index in [4.69, 9.17) is 9.47 Å². The molecule has 2 N–H and O–H groups in total. The first-order valence-corrected chi connectivity index (χ1v) is 15.4. The van der Waals surface area contributed by atoms with Crippen LogP contribution >= 0.6 is 22.6 Å². The summed E-state index contributed by atoms with van der Waals surface area (Å²) in [4.78, 5) is 26.3. The Balaban J connectivity index is 1.87. The van der Waals surface area contributed by atoms with Crippen molar-refractivity contribution in [2.75, 3.05) is 20.3 Å². The van der Waals surface area contributed by atoms with Gasteiger partial charge in [-0.1, -0.05) is 37.3 Å². The van der Waals surface area contributed by atoms with Gasteiger partial charge in [0.25, 0.3) is 0 Å². The fourth-order valence-corrected chi connectivity index (χ4v) is 7.02. The third-order valence-corrected chi connectivity index (χ3v) is 9.45. The molecule has 0 spiro atoms. The smallest absolute Gasteiger partial charge is 0.223 e. The van der Waals surface area contributed by atoms with E-state index in [1.54, 1.807) is 12.0 Å². The molecule has 0 bridgehead atoms. The number of nitrogens with zero attached hydrogens (tertiary/aromatic N) is 1. The lowest BCUT2D eigenvalue weighted by atomic mass is 9.86. The zero-order valence-corrected chi connectivity index (χ0v) is 22.9. The quantitative estimate of drug-likeness (QED) is 0.339. The number of ether oxygens (including phenoxy) is 2. The number of methoxy groups -OCH3 is 1. The van der Waals surface area contributed by atoms with E-state index in [1.807, 2.05) is 55.6 Å². The van der Waals surface area contributed by atoms with Gasteiger partial charge in [-0.25, -0.2) is 0 Å². The number of benzene rings is 2. The summed E-state index contributed by atoms with van der Waals surface area (Å²) in [6, 6.07) is 15.7. The number of carbonyl (C=O) groups is 1. The van der Waals surface area contributed by atoms with E-state index >= 15 is 0 Å². The fraction of sp³-hybridized carbons (Fsp3) is 0.480. The molecule has 0 saturated heterocycles. The zero-order valence-electron chi connectivity index (χ0n) is 19.7. The van der Waals surface area contributed by atoms with Crippen molar-refractivity contribution in [3.8, 4) is 5.75 Å². The van der Waals surface area contributed by atoms with Gasteiger partial charge in [0.05, 0.1) is 12.7 Å². The Morgan fingerprint density at radius 1 is 1.24 bits per heavy atom. The zero-order chi connectivity index (χ0) is 24.2. The number of aliphatic hydroxyl groups is 1. The number of carbonyl (C=O) groups excluding carboxylic acids is 1. The van der Waals surface area contributed by atoms with Gasteiger partial charge in [-0.3, -0.25) is 4.79 Å². The molecule has 1 aliphatic rings. The summed E-state index contributed by atoms with van der Waals surface area (Å²) in [7, 11) is -1.11. The summed E-state index contributed by atoms with van der Waals surface area (Å²) < 4.78 is 13.4. The number of fused-ring (bicyclic) bond motifs is 1. The molecular weight excluding hydrogens is 549 g/mol. The molecule has 0 saturated carbocycles. The molecule has 33 heavy (non-hydrogen) atoms. The minimum Gasteiger partial charge on any atom is -0.490 e. The Morgan fingerprint density at radius 2 is 1.94 bits per heavy atom. The lowest BCUT2D eigenvalue weighted by molar-refractivity contribution is -0.133. The summed E-state index contributed by atoms with van der Waals surface area (Å²) >= 11 is 2.28. The van der Waals surface area contributed by atoms with Crippen molar-refractivity contribution in [1.82, 2.24) is 4.90 Å². The molecule has 8 heteroatoms. The molecule has 0 fully saturated rings. The molecule has 0 aliphatic carbocycles.